The zero-order chi connectivity index (χ0) is 19.8. The third-order valence-corrected chi connectivity index (χ3v) is 5.70. The number of hydrogen-bond donors (Lipinski definition) is 0. The molecule has 6 nitrogen and oxygen atoms in total. The Kier molecular flexibility index (Phi) is 4.48. The molecular weight excluding hydrogens is 361 g/mol. The van der Waals surface area contributed by atoms with Crippen molar-refractivity contribution >= 4 is 5.52 Å². The number of pyridine rings is 1. The van der Waals surface area contributed by atoms with Crippen LogP contribution in [0.3, 0.4) is 0 Å². The number of rotatable bonds is 3. The quantitative estimate of drug-likeness (QED) is 0.543. The van der Waals surface area contributed by atoms with Crippen LogP contribution in [0.5, 0.6) is 0 Å². The predicted molar refractivity (Wildman–Crippen MR) is 114 cm³/mol. The van der Waals surface area contributed by atoms with Gasteiger partial charge in [-0.1, -0.05) is 36.4 Å². The van der Waals surface area contributed by atoms with Crippen LogP contribution in [0.2, 0.25) is 0 Å². The molecule has 0 N–H and O–H groups in total. The summed E-state index contributed by atoms with van der Waals surface area (Å²) in [7, 11) is 2.12. The van der Waals surface area contributed by atoms with Gasteiger partial charge < -0.3 is 4.90 Å². The topological polar surface area (TPSA) is 55.4 Å². The minimum Gasteiger partial charge on any atom is -0.306 e. The summed E-state index contributed by atoms with van der Waals surface area (Å²) in [4.78, 5) is 14.9. The Morgan fingerprint density at radius 2 is 1.66 bits per heavy atom. The second kappa shape index (κ2) is 7.29. The molecule has 0 aliphatic carbocycles. The first-order chi connectivity index (χ1) is 14.2. The summed E-state index contributed by atoms with van der Waals surface area (Å²) in [6.45, 7) is 1.96. The second-order valence-electron chi connectivity index (χ2n) is 7.66. The molecular formula is C23H23N5O. The highest BCUT2D eigenvalue weighted by atomic mass is 16.1. The van der Waals surface area contributed by atoms with Crippen molar-refractivity contribution in [1.29, 1.82) is 0 Å². The normalized spacial score (nSPS) is 15.8. The fourth-order valence-corrected chi connectivity index (χ4v) is 4.11. The van der Waals surface area contributed by atoms with Gasteiger partial charge in [0, 0.05) is 17.8 Å². The number of benzene rings is 1. The molecule has 0 spiro atoms. The lowest BCUT2D eigenvalue weighted by Gasteiger charge is -2.29. The van der Waals surface area contributed by atoms with E-state index >= 15 is 0 Å². The molecule has 0 amide bonds. The standard InChI is InChI=1S/C23H23N5O/c1-26-15-12-18(13-16-26)28-21(29)11-10-19(24-28)22-20-9-5-6-14-27(20)25-23(22)17-7-3-2-4-8-17/h2-11,14,18H,12-13,15-16H2,1H3/i1-1. The molecule has 0 saturated carbocycles. The van der Waals surface area contributed by atoms with Gasteiger partial charge in [-0.15, -0.1) is 0 Å². The number of fused-ring (bicyclic) bond motifs is 1. The lowest BCUT2D eigenvalue weighted by molar-refractivity contribution is 0.208. The summed E-state index contributed by atoms with van der Waals surface area (Å²) in [6.07, 6.45) is 3.82. The van der Waals surface area contributed by atoms with Crippen molar-refractivity contribution in [3.05, 3.63) is 77.2 Å². The first kappa shape index (κ1) is 17.8. The van der Waals surface area contributed by atoms with E-state index in [4.69, 9.17) is 10.2 Å². The van der Waals surface area contributed by atoms with Gasteiger partial charge in [-0.05, 0) is 51.2 Å². The minimum absolute atomic E-state index is 0.0407. The van der Waals surface area contributed by atoms with Crippen molar-refractivity contribution in [3.63, 3.8) is 0 Å². The third kappa shape index (κ3) is 3.25. The lowest BCUT2D eigenvalue weighted by atomic mass is 10.0. The van der Waals surface area contributed by atoms with Crippen molar-refractivity contribution in [2.24, 2.45) is 0 Å². The molecule has 5 rings (SSSR count). The minimum atomic E-state index is -0.0407. The SMILES string of the molecule is [11CH3]N1CCC(n2nc(-c3c(-c4ccccc4)nn4ccccc34)ccc2=O)CC1. The largest absolute Gasteiger partial charge is 0.306 e. The van der Waals surface area contributed by atoms with Gasteiger partial charge in [0.15, 0.2) is 0 Å². The van der Waals surface area contributed by atoms with E-state index in [9.17, 15) is 4.79 Å². The van der Waals surface area contributed by atoms with Gasteiger partial charge in [0.1, 0.15) is 5.69 Å². The average Bonchev–Trinajstić information content (AvgIpc) is 3.15. The Labute approximate surface area is 169 Å². The lowest BCUT2D eigenvalue weighted by Crippen LogP contribution is -2.36. The van der Waals surface area contributed by atoms with Crippen molar-refractivity contribution in [2.45, 2.75) is 18.9 Å². The maximum atomic E-state index is 12.6. The van der Waals surface area contributed by atoms with E-state index in [0.717, 1.165) is 54.0 Å². The molecule has 6 heteroatoms. The molecule has 1 aliphatic rings. The molecule has 1 saturated heterocycles. The molecule has 0 unspecified atom stereocenters. The highest BCUT2D eigenvalue weighted by molar-refractivity contribution is 5.90. The summed E-state index contributed by atoms with van der Waals surface area (Å²) in [5.74, 6) is 0. The fraction of sp³-hybridized carbons (Fsp3) is 0.261. The highest BCUT2D eigenvalue weighted by Gasteiger charge is 2.22. The summed E-state index contributed by atoms with van der Waals surface area (Å²) in [5, 5.41) is 9.65. The van der Waals surface area contributed by atoms with Crippen molar-refractivity contribution in [1.82, 2.24) is 24.3 Å². The van der Waals surface area contributed by atoms with Crippen LogP contribution in [-0.4, -0.2) is 44.4 Å². The number of likely N-dealkylation sites (tertiary alicyclic amines) is 1. The summed E-state index contributed by atoms with van der Waals surface area (Å²) in [6, 6.07) is 19.7. The Morgan fingerprint density at radius 1 is 0.897 bits per heavy atom. The van der Waals surface area contributed by atoms with Crippen LogP contribution in [0.1, 0.15) is 18.9 Å². The van der Waals surface area contributed by atoms with Crippen LogP contribution in [0.4, 0.5) is 0 Å². The fourth-order valence-electron chi connectivity index (χ4n) is 4.11. The van der Waals surface area contributed by atoms with Gasteiger partial charge in [0.25, 0.3) is 5.56 Å². The monoisotopic (exact) mass is 384 g/mol. The van der Waals surface area contributed by atoms with Gasteiger partial charge in [-0.2, -0.15) is 10.2 Å². The smallest absolute Gasteiger partial charge is 0.267 e. The van der Waals surface area contributed by atoms with Gasteiger partial charge >= 0.3 is 0 Å². The van der Waals surface area contributed by atoms with E-state index in [1.54, 1.807) is 10.7 Å². The highest BCUT2D eigenvalue weighted by Crippen LogP contribution is 2.34. The van der Waals surface area contributed by atoms with Crippen LogP contribution in [0, 0.1) is 0 Å². The van der Waals surface area contributed by atoms with Crippen LogP contribution in [-0.2, 0) is 0 Å². The first-order valence-corrected chi connectivity index (χ1v) is 10.0. The maximum absolute atomic E-state index is 12.6. The zero-order valence-corrected chi connectivity index (χ0v) is 16.4. The predicted octanol–water partition coefficient (Wildman–Crippen LogP) is 3.49. The average molecular weight is 384 g/mol. The van der Waals surface area contributed by atoms with Gasteiger partial charge in [0.05, 0.1) is 22.8 Å². The number of aromatic nitrogens is 4. The van der Waals surface area contributed by atoms with Crippen LogP contribution < -0.4 is 5.56 Å². The number of piperidine rings is 1. The third-order valence-electron chi connectivity index (χ3n) is 5.70. The molecule has 1 fully saturated rings. The molecule has 0 atom stereocenters. The molecule has 1 aliphatic heterocycles. The Balaban J connectivity index is 1.68. The molecule has 1 aromatic carbocycles. The van der Waals surface area contributed by atoms with E-state index in [1.807, 2.05) is 53.2 Å². The van der Waals surface area contributed by atoms with E-state index in [-0.39, 0.29) is 11.6 Å². The summed E-state index contributed by atoms with van der Waals surface area (Å²) >= 11 is 0. The Bertz CT molecular complexity index is 1200. The molecule has 0 bridgehead atoms. The summed E-state index contributed by atoms with van der Waals surface area (Å²) < 4.78 is 3.56. The van der Waals surface area contributed by atoms with Crippen LogP contribution in [0.15, 0.2) is 71.7 Å². The van der Waals surface area contributed by atoms with Crippen molar-refractivity contribution < 1.29 is 0 Å². The van der Waals surface area contributed by atoms with E-state index in [0.29, 0.717) is 0 Å². The van der Waals surface area contributed by atoms with Crippen LogP contribution in [0.25, 0.3) is 28.0 Å². The van der Waals surface area contributed by atoms with E-state index < -0.39 is 0 Å². The Hall–Kier alpha value is -3.25. The van der Waals surface area contributed by atoms with E-state index in [2.05, 4.69) is 24.1 Å². The van der Waals surface area contributed by atoms with Crippen molar-refractivity contribution in [2.75, 3.05) is 20.1 Å². The van der Waals surface area contributed by atoms with Crippen molar-refractivity contribution in [3.8, 4) is 22.5 Å². The molecule has 29 heavy (non-hydrogen) atoms. The molecule has 3 aromatic heterocycles. The molecule has 146 valence electrons. The second-order valence-corrected chi connectivity index (χ2v) is 7.66. The number of hydrogen-bond acceptors (Lipinski definition) is 4. The van der Waals surface area contributed by atoms with Gasteiger partial charge in [-0.3, -0.25) is 4.79 Å². The number of nitrogens with zero attached hydrogens (tertiary/aromatic N) is 5. The zero-order valence-electron chi connectivity index (χ0n) is 16.4. The maximum Gasteiger partial charge on any atom is 0.267 e. The molecule has 4 heterocycles. The van der Waals surface area contributed by atoms with Gasteiger partial charge in [0.2, 0.25) is 0 Å². The first-order valence-electron chi connectivity index (χ1n) is 10.0. The van der Waals surface area contributed by atoms with Crippen LogP contribution >= 0.6 is 0 Å². The molecule has 4 aromatic rings. The Morgan fingerprint density at radius 3 is 2.45 bits per heavy atom. The van der Waals surface area contributed by atoms with Gasteiger partial charge in [-0.25, -0.2) is 9.20 Å². The van der Waals surface area contributed by atoms with E-state index in [1.165, 1.54) is 0 Å². The summed E-state index contributed by atoms with van der Waals surface area (Å²) in [5.41, 5.74) is 4.58. The molecule has 0 radical (unpaired) electrons.